The monoisotopic (exact) mass is 478 g/mol. The lowest BCUT2D eigenvalue weighted by Crippen LogP contribution is -2.58. The zero-order valence-electron chi connectivity index (χ0n) is 17.2. The zero-order valence-corrected chi connectivity index (χ0v) is 18.1. The molecule has 2 unspecified atom stereocenters. The Kier molecular flexibility index (Phi) is 6.55. The van der Waals surface area contributed by atoms with Crippen LogP contribution in [0.2, 0.25) is 0 Å². The Morgan fingerprint density at radius 1 is 1.09 bits per heavy atom. The van der Waals surface area contributed by atoms with E-state index in [-0.39, 0.29) is 11.3 Å². The van der Waals surface area contributed by atoms with Crippen LogP contribution in [-0.2, 0) is 18.6 Å². The van der Waals surface area contributed by atoms with Gasteiger partial charge in [-0.15, -0.1) is 0 Å². The fraction of sp³-hybridized carbons (Fsp3) is 0.286. The number of nitrogens with two attached hydrogens (primary N) is 1. The summed E-state index contributed by atoms with van der Waals surface area (Å²) in [6.07, 6.45) is -5.80. The zero-order chi connectivity index (χ0) is 23.8. The van der Waals surface area contributed by atoms with Gasteiger partial charge in [0, 0.05) is 11.9 Å². The predicted octanol–water partition coefficient (Wildman–Crippen LogP) is 1.18. The molecular formula is C21H23N2O9P. The van der Waals surface area contributed by atoms with Crippen LogP contribution in [0.3, 0.4) is 0 Å². The summed E-state index contributed by atoms with van der Waals surface area (Å²) in [5, 5.41) is 21.2. The Hall–Kier alpha value is -2.76. The first-order valence-electron chi connectivity index (χ1n) is 9.99. The van der Waals surface area contributed by atoms with Crippen molar-refractivity contribution in [1.29, 1.82) is 0 Å². The summed E-state index contributed by atoms with van der Waals surface area (Å²) in [7, 11) is -5.14. The average molecular weight is 478 g/mol. The number of phosphoric ester groups is 1. The van der Waals surface area contributed by atoms with Crippen molar-refractivity contribution < 1.29 is 43.4 Å². The number of para-hydroxylation sites is 2. The Morgan fingerprint density at radius 2 is 1.79 bits per heavy atom. The van der Waals surface area contributed by atoms with Crippen molar-refractivity contribution in [3.8, 4) is 0 Å². The van der Waals surface area contributed by atoms with Crippen LogP contribution in [0.1, 0.15) is 16.6 Å². The van der Waals surface area contributed by atoms with Crippen LogP contribution in [0.25, 0.3) is 10.9 Å². The fourth-order valence-corrected chi connectivity index (χ4v) is 4.44. The first-order valence-corrected chi connectivity index (χ1v) is 11.5. The first-order chi connectivity index (χ1) is 15.7. The molecule has 0 saturated carbocycles. The van der Waals surface area contributed by atoms with E-state index in [0.29, 0.717) is 5.52 Å². The summed E-state index contributed by atoms with van der Waals surface area (Å²) in [4.78, 5) is 31.8. The van der Waals surface area contributed by atoms with E-state index in [9.17, 15) is 29.4 Å². The minimum Gasteiger partial charge on any atom is -0.451 e. The van der Waals surface area contributed by atoms with Crippen LogP contribution in [0, 0.1) is 0 Å². The smallest absolute Gasteiger partial charge is 0.451 e. The molecule has 6 N–H and O–H groups in total. The number of aliphatic hydroxyl groups excluding tert-OH is 2. The van der Waals surface area contributed by atoms with Gasteiger partial charge in [-0.05, 0) is 29.7 Å². The third-order valence-electron chi connectivity index (χ3n) is 5.40. The molecule has 1 saturated heterocycles. The summed E-state index contributed by atoms with van der Waals surface area (Å²) in [6, 6.07) is 15.1. The SMILES string of the molecule is Nc1ccccc1C(=O)OC1[C@@H](OP(=O)(O)O)[C@H](O)C(CO)O[C@H]1n1ccc2ccccc21. The molecule has 0 aliphatic carbocycles. The highest BCUT2D eigenvalue weighted by Crippen LogP contribution is 2.44. The van der Waals surface area contributed by atoms with E-state index in [0.717, 1.165) is 5.39 Å². The summed E-state index contributed by atoms with van der Waals surface area (Å²) < 4.78 is 29.6. The quantitative estimate of drug-likeness (QED) is 0.197. The number of aromatic nitrogens is 1. The van der Waals surface area contributed by atoms with Crippen LogP contribution in [0.5, 0.6) is 0 Å². The number of benzene rings is 2. The summed E-state index contributed by atoms with van der Waals surface area (Å²) in [5.41, 5.74) is 6.66. The number of fused-ring (bicyclic) bond motifs is 1. The lowest BCUT2D eigenvalue weighted by molar-refractivity contribution is -0.246. The number of carbonyl (C=O) groups excluding carboxylic acids is 1. The molecule has 0 radical (unpaired) electrons. The van der Waals surface area contributed by atoms with Gasteiger partial charge >= 0.3 is 13.8 Å². The minimum absolute atomic E-state index is 0.0160. The lowest BCUT2D eigenvalue weighted by Gasteiger charge is -2.44. The van der Waals surface area contributed by atoms with Crippen LogP contribution >= 0.6 is 7.82 Å². The highest BCUT2D eigenvalue weighted by atomic mass is 31.2. The van der Waals surface area contributed by atoms with Crippen LogP contribution < -0.4 is 5.73 Å². The molecule has 2 heterocycles. The number of hydrogen-bond donors (Lipinski definition) is 5. The largest absolute Gasteiger partial charge is 0.470 e. The van der Waals surface area contributed by atoms with Gasteiger partial charge < -0.3 is 39.8 Å². The van der Waals surface area contributed by atoms with E-state index in [1.807, 2.05) is 12.1 Å². The fourth-order valence-electron chi connectivity index (χ4n) is 3.88. The van der Waals surface area contributed by atoms with Gasteiger partial charge in [0.2, 0.25) is 0 Å². The molecule has 3 aromatic rings. The molecule has 176 valence electrons. The van der Waals surface area contributed by atoms with Crippen LogP contribution in [-0.4, -0.2) is 61.6 Å². The maximum absolute atomic E-state index is 12.9. The lowest BCUT2D eigenvalue weighted by atomic mass is 9.97. The van der Waals surface area contributed by atoms with Crippen molar-refractivity contribution in [2.24, 2.45) is 0 Å². The highest BCUT2D eigenvalue weighted by Gasteiger charge is 2.51. The third kappa shape index (κ3) is 4.80. The second-order valence-corrected chi connectivity index (χ2v) is 8.73. The molecule has 2 aromatic carbocycles. The number of phosphoric acid groups is 1. The van der Waals surface area contributed by atoms with Crippen molar-refractivity contribution in [2.45, 2.75) is 30.6 Å². The predicted molar refractivity (Wildman–Crippen MR) is 116 cm³/mol. The second kappa shape index (κ2) is 9.24. The maximum atomic E-state index is 12.9. The molecule has 1 aliphatic rings. The van der Waals surface area contributed by atoms with E-state index in [1.165, 1.54) is 12.1 Å². The number of nitrogens with zero attached hydrogens (tertiary/aromatic N) is 1. The number of anilines is 1. The normalized spacial score (nSPS) is 25.8. The number of nitrogen functional groups attached to an aromatic ring is 1. The second-order valence-electron chi connectivity index (χ2n) is 7.54. The van der Waals surface area contributed by atoms with Crippen molar-refractivity contribution in [1.82, 2.24) is 4.57 Å². The highest BCUT2D eigenvalue weighted by molar-refractivity contribution is 7.46. The Labute approximate surface area is 188 Å². The first kappa shape index (κ1) is 23.4. The van der Waals surface area contributed by atoms with Gasteiger partial charge in [0.15, 0.2) is 12.3 Å². The van der Waals surface area contributed by atoms with Crippen LogP contribution in [0.4, 0.5) is 5.69 Å². The number of rotatable bonds is 6. The maximum Gasteiger partial charge on any atom is 0.470 e. The van der Waals surface area contributed by atoms with Gasteiger partial charge in [-0.1, -0.05) is 30.3 Å². The van der Waals surface area contributed by atoms with Gasteiger partial charge in [-0.25, -0.2) is 9.36 Å². The van der Waals surface area contributed by atoms with E-state index in [1.54, 1.807) is 41.1 Å². The van der Waals surface area contributed by atoms with Gasteiger partial charge in [-0.3, -0.25) is 4.52 Å². The molecule has 1 aromatic heterocycles. The molecule has 0 spiro atoms. The molecule has 12 heteroatoms. The topological polar surface area (TPSA) is 174 Å². The molecule has 0 bridgehead atoms. The number of ether oxygens (including phenoxy) is 2. The molecule has 5 atom stereocenters. The third-order valence-corrected chi connectivity index (χ3v) is 5.92. The Bertz CT molecular complexity index is 1190. The van der Waals surface area contributed by atoms with Gasteiger partial charge in [0.1, 0.15) is 18.3 Å². The number of hydrogen-bond acceptors (Lipinski definition) is 8. The van der Waals surface area contributed by atoms with Gasteiger partial charge in [0.05, 0.1) is 17.7 Å². The number of esters is 1. The standard InChI is InChI=1S/C21H23N2O9P/c22-14-7-3-2-6-13(14)21(26)31-19-18(32-33(27,28)29)17(25)16(11-24)30-20(19)23-10-9-12-5-1-4-8-15(12)23/h1-10,16-20,24-25H,11,22H2,(H2,27,28,29)/t16?,17-,18+,19?,20-/m1/s1. The van der Waals surface area contributed by atoms with Gasteiger partial charge in [-0.2, -0.15) is 0 Å². The molecule has 11 nitrogen and oxygen atoms in total. The van der Waals surface area contributed by atoms with E-state index in [4.69, 9.17) is 19.7 Å². The van der Waals surface area contributed by atoms with E-state index >= 15 is 0 Å². The Morgan fingerprint density at radius 3 is 2.48 bits per heavy atom. The number of carbonyl (C=O) groups is 1. The molecule has 1 fully saturated rings. The average Bonchev–Trinajstić information content (AvgIpc) is 3.20. The van der Waals surface area contributed by atoms with Crippen LogP contribution in [0.15, 0.2) is 60.8 Å². The van der Waals surface area contributed by atoms with Crippen molar-refractivity contribution >= 4 is 30.4 Å². The molecular weight excluding hydrogens is 455 g/mol. The van der Waals surface area contributed by atoms with Crippen molar-refractivity contribution in [2.75, 3.05) is 12.3 Å². The Balaban J connectivity index is 1.79. The van der Waals surface area contributed by atoms with Crippen molar-refractivity contribution in [3.63, 3.8) is 0 Å². The van der Waals surface area contributed by atoms with E-state index < -0.39 is 51.0 Å². The molecule has 4 rings (SSSR count). The number of aliphatic hydroxyl groups is 2. The molecule has 33 heavy (non-hydrogen) atoms. The molecule has 0 amide bonds. The van der Waals surface area contributed by atoms with E-state index in [2.05, 4.69) is 0 Å². The van der Waals surface area contributed by atoms with Crippen molar-refractivity contribution in [3.05, 3.63) is 66.4 Å². The summed E-state index contributed by atoms with van der Waals surface area (Å²) >= 11 is 0. The summed E-state index contributed by atoms with van der Waals surface area (Å²) in [6.45, 7) is -0.676. The van der Waals surface area contributed by atoms with Gasteiger partial charge in [0.25, 0.3) is 0 Å². The molecule has 1 aliphatic heterocycles. The minimum atomic E-state index is -5.14. The summed E-state index contributed by atoms with van der Waals surface area (Å²) in [5.74, 6) is -0.905.